The Labute approximate surface area is 191 Å². The fourth-order valence-corrected chi connectivity index (χ4v) is 5.27. The second kappa shape index (κ2) is 9.24. The van der Waals surface area contributed by atoms with Crippen molar-refractivity contribution in [3.63, 3.8) is 0 Å². The third kappa shape index (κ3) is 5.00. The molecule has 2 aromatic carbocycles. The average molecular weight is 437 g/mol. The second-order valence-electron chi connectivity index (χ2n) is 10.0. The quantitative estimate of drug-likeness (QED) is 0.660. The largest absolute Gasteiger partial charge is 0.438 e. The van der Waals surface area contributed by atoms with Gasteiger partial charge in [-0.25, -0.2) is 4.79 Å². The van der Waals surface area contributed by atoms with Crippen LogP contribution in [0.4, 0.5) is 4.79 Å². The lowest BCUT2D eigenvalue weighted by Crippen LogP contribution is -2.51. The van der Waals surface area contributed by atoms with E-state index in [2.05, 4.69) is 36.5 Å². The van der Waals surface area contributed by atoms with Crippen molar-refractivity contribution in [2.24, 2.45) is 0 Å². The molecule has 0 spiro atoms. The summed E-state index contributed by atoms with van der Waals surface area (Å²) in [7, 11) is 0. The minimum atomic E-state index is -0.950. The highest BCUT2D eigenvalue weighted by Crippen LogP contribution is 2.42. The SMILES string of the molecule is CC(c1ccc(C2CCNCC2)cc1)N1CCC(CC(C)(C)O)(c2ccccc2)OC1=O. The first-order valence-corrected chi connectivity index (χ1v) is 11.9. The van der Waals surface area contributed by atoms with E-state index in [1.165, 1.54) is 18.4 Å². The average Bonchev–Trinajstić information content (AvgIpc) is 2.79. The molecule has 2 aliphatic rings. The van der Waals surface area contributed by atoms with Gasteiger partial charge in [-0.3, -0.25) is 0 Å². The van der Waals surface area contributed by atoms with Gasteiger partial charge < -0.3 is 20.1 Å². The minimum absolute atomic E-state index is 0.0690. The summed E-state index contributed by atoms with van der Waals surface area (Å²) in [5.41, 5.74) is 1.68. The molecule has 1 amide bonds. The van der Waals surface area contributed by atoms with E-state index in [1.807, 2.05) is 35.2 Å². The van der Waals surface area contributed by atoms with Gasteiger partial charge in [-0.1, -0.05) is 54.6 Å². The van der Waals surface area contributed by atoms with Crippen molar-refractivity contribution in [1.29, 1.82) is 0 Å². The molecule has 0 aliphatic carbocycles. The summed E-state index contributed by atoms with van der Waals surface area (Å²) in [6.07, 6.45) is 3.04. The number of nitrogens with zero attached hydrogens (tertiary/aromatic N) is 1. The van der Waals surface area contributed by atoms with Crippen molar-refractivity contribution in [2.75, 3.05) is 19.6 Å². The molecule has 2 fully saturated rings. The summed E-state index contributed by atoms with van der Waals surface area (Å²) in [5, 5.41) is 14.0. The topological polar surface area (TPSA) is 61.8 Å². The molecule has 2 aliphatic heterocycles. The Balaban J connectivity index is 1.50. The van der Waals surface area contributed by atoms with Gasteiger partial charge >= 0.3 is 6.09 Å². The Morgan fingerprint density at radius 1 is 1.12 bits per heavy atom. The highest BCUT2D eigenvalue weighted by molar-refractivity contribution is 5.70. The zero-order valence-electron chi connectivity index (χ0n) is 19.5. The van der Waals surface area contributed by atoms with Crippen LogP contribution in [0, 0.1) is 0 Å². The summed E-state index contributed by atoms with van der Waals surface area (Å²) in [6.45, 7) is 8.34. The smallest absolute Gasteiger partial charge is 0.411 e. The number of hydrogen-bond donors (Lipinski definition) is 2. The van der Waals surface area contributed by atoms with Crippen LogP contribution in [0.2, 0.25) is 0 Å². The molecule has 2 heterocycles. The molecule has 0 aromatic heterocycles. The van der Waals surface area contributed by atoms with E-state index in [0.29, 0.717) is 25.3 Å². The number of hydrogen-bond acceptors (Lipinski definition) is 4. The molecular formula is C27H36N2O3. The zero-order valence-corrected chi connectivity index (χ0v) is 19.5. The van der Waals surface area contributed by atoms with E-state index < -0.39 is 11.2 Å². The lowest BCUT2D eigenvalue weighted by Gasteiger charge is -2.45. The first-order chi connectivity index (χ1) is 15.3. The Bertz CT molecular complexity index is 901. The third-order valence-electron chi connectivity index (χ3n) is 6.99. The Hall–Kier alpha value is -2.37. The van der Waals surface area contributed by atoms with Gasteiger partial charge in [0.05, 0.1) is 11.6 Å². The Morgan fingerprint density at radius 3 is 2.38 bits per heavy atom. The predicted octanol–water partition coefficient (Wildman–Crippen LogP) is 5.11. The van der Waals surface area contributed by atoms with Crippen molar-refractivity contribution in [1.82, 2.24) is 10.2 Å². The summed E-state index contributed by atoms with van der Waals surface area (Å²) in [5.74, 6) is 0.619. The number of amides is 1. The molecule has 2 N–H and O–H groups in total. The fraction of sp³-hybridized carbons (Fsp3) is 0.519. The Kier molecular flexibility index (Phi) is 6.59. The van der Waals surface area contributed by atoms with Crippen molar-refractivity contribution >= 4 is 6.09 Å². The summed E-state index contributed by atoms with van der Waals surface area (Å²) < 4.78 is 6.13. The maximum absolute atomic E-state index is 13.2. The van der Waals surface area contributed by atoms with Crippen molar-refractivity contribution < 1.29 is 14.6 Å². The predicted molar refractivity (Wildman–Crippen MR) is 127 cm³/mol. The molecule has 5 heteroatoms. The van der Waals surface area contributed by atoms with Crippen LogP contribution in [0.1, 0.15) is 75.1 Å². The third-order valence-corrected chi connectivity index (χ3v) is 6.99. The van der Waals surface area contributed by atoms with Crippen LogP contribution in [0.3, 0.4) is 0 Å². The molecule has 2 atom stereocenters. The number of carbonyl (C=O) groups excluding carboxylic acids is 1. The van der Waals surface area contributed by atoms with Crippen LogP contribution in [0.5, 0.6) is 0 Å². The zero-order chi connectivity index (χ0) is 22.8. The number of nitrogens with one attached hydrogen (secondary N) is 1. The van der Waals surface area contributed by atoms with Crippen molar-refractivity contribution in [3.8, 4) is 0 Å². The van der Waals surface area contributed by atoms with E-state index in [1.54, 1.807) is 13.8 Å². The van der Waals surface area contributed by atoms with E-state index in [-0.39, 0.29) is 12.1 Å². The fourth-order valence-electron chi connectivity index (χ4n) is 5.27. The number of aliphatic hydroxyl groups is 1. The second-order valence-corrected chi connectivity index (χ2v) is 10.0. The molecule has 0 saturated carbocycles. The minimum Gasteiger partial charge on any atom is -0.438 e. The molecule has 4 rings (SSSR count). The van der Waals surface area contributed by atoms with E-state index in [4.69, 9.17) is 4.74 Å². The van der Waals surface area contributed by atoms with E-state index in [9.17, 15) is 9.90 Å². The molecule has 2 saturated heterocycles. The van der Waals surface area contributed by atoms with E-state index in [0.717, 1.165) is 24.2 Å². The van der Waals surface area contributed by atoms with Gasteiger partial charge in [0.2, 0.25) is 0 Å². The van der Waals surface area contributed by atoms with Crippen LogP contribution >= 0.6 is 0 Å². The van der Waals surface area contributed by atoms with E-state index >= 15 is 0 Å². The van der Waals surface area contributed by atoms with Gasteiger partial charge in [0.25, 0.3) is 0 Å². The lowest BCUT2D eigenvalue weighted by molar-refractivity contribution is -0.101. The first-order valence-electron chi connectivity index (χ1n) is 11.9. The molecule has 2 aromatic rings. The number of ether oxygens (including phenoxy) is 1. The molecular weight excluding hydrogens is 400 g/mol. The summed E-state index contributed by atoms with van der Waals surface area (Å²) in [6, 6.07) is 18.5. The molecule has 2 unspecified atom stereocenters. The number of benzene rings is 2. The van der Waals surface area contributed by atoms with Crippen LogP contribution in [-0.4, -0.2) is 41.3 Å². The number of cyclic esters (lactones) is 1. The Morgan fingerprint density at radius 2 is 1.78 bits per heavy atom. The maximum atomic E-state index is 13.2. The van der Waals surface area contributed by atoms with Gasteiger partial charge in [-0.15, -0.1) is 0 Å². The standard InChI is InChI=1S/C27H36N2O3/c1-20(21-9-11-22(12-10-21)23-13-16-28-17-14-23)29-18-15-27(32-25(29)30,19-26(2,3)31)24-7-5-4-6-8-24/h4-12,20,23,28,31H,13-19H2,1-3H3. The van der Waals surface area contributed by atoms with Crippen LogP contribution in [-0.2, 0) is 10.3 Å². The van der Waals surface area contributed by atoms with Gasteiger partial charge in [-0.05, 0) is 69.3 Å². The number of rotatable bonds is 6. The molecule has 32 heavy (non-hydrogen) atoms. The normalized spacial score (nSPS) is 23.6. The van der Waals surface area contributed by atoms with Gasteiger partial charge in [0, 0.05) is 19.4 Å². The van der Waals surface area contributed by atoms with Crippen LogP contribution in [0.15, 0.2) is 54.6 Å². The monoisotopic (exact) mass is 436 g/mol. The van der Waals surface area contributed by atoms with Gasteiger partial charge in [0.15, 0.2) is 0 Å². The molecule has 0 bridgehead atoms. The van der Waals surface area contributed by atoms with Crippen LogP contribution in [0.25, 0.3) is 0 Å². The van der Waals surface area contributed by atoms with Crippen molar-refractivity contribution in [2.45, 2.75) is 69.6 Å². The van der Waals surface area contributed by atoms with Gasteiger partial charge in [-0.2, -0.15) is 0 Å². The first kappa shape index (κ1) is 22.8. The lowest BCUT2D eigenvalue weighted by atomic mass is 9.80. The maximum Gasteiger partial charge on any atom is 0.411 e. The number of carbonyl (C=O) groups is 1. The molecule has 5 nitrogen and oxygen atoms in total. The van der Waals surface area contributed by atoms with Crippen LogP contribution < -0.4 is 5.32 Å². The summed E-state index contributed by atoms with van der Waals surface area (Å²) in [4.78, 5) is 15.0. The highest BCUT2D eigenvalue weighted by Gasteiger charge is 2.46. The van der Waals surface area contributed by atoms with Gasteiger partial charge in [0.1, 0.15) is 5.60 Å². The number of piperidine rings is 1. The molecule has 172 valence electrons. The van der Waals surface area contributed by atoms with Crippen molar-refractivity contribution in [3.05, 3.63) is 71.3 Å². The molecule has 0 radical (unpaired) electrons. The summed E-state index contributed by atoms with van der Waals surface area (Å²) >= 11 is 0. The highest BCUT2D eigenvalue weighted by atomic mass is 16.6.